The Morgan fingerprint density at radius 1 is 1.21 bits per heavy atom. The quantitative estimate of drug-likeness (QED) is 0.896. The molecule has 0 amide bonds. The number of rotatable bonds is 5. The summed E-state index contributed by atoms with van der Waals surface area (Å²) < 4.78 is 5.34. The Bertz CT molecular complexity index is 544. The maximum absolute atomic E-state index is 6.26. The monoisotopic (exact) mass is 259 g/mol. The SMILES string of the molecule is CCC(N)(CC)c1nc(Cc2ccccc2C)no1. The lowest BCUT2D eigenvalue weighted by molar-refractivity contribution is 0.267. The summed E-state index contributed by atoms with van der Waals surface area (Å²) in [5, 5.41) is 4.05. The lowest BCUT2D eigenvalue weighted by atomic mass is 9.94. The number of hydrogen-bond acceptors (Lipinski definition) is 4. The molecule has 1 aromatic heterocycles. The third-order valence-corrected chi connectivity index (χ3v) is 3.77. The van der Waals surface area contributed by atoms with Gasteiger partial charge in [-0.05, 0) is 30.9 Å². The van der Waals surface area contributed by atoms with Crippen LogP contribution in [-0.4, -0.2) is 10.1 Å². The van der Waals surface area contributed by atoms with Crippen molar-refractivity contribution < 1.29 is 4.52 Å². The average Bonchev–Trinajstić information content (AvgIpc) is 2.90. The lowest BCUT2D eigenvalue weighted by Crippen LogP contribution is -2.35. The van der Waals surface area contributed by atoms with Gasteiger partial charge in [0, 0.05) is 6.42 Å². The first kappa shape index (κ1) is 13.7. The predicted molar refractivity (Wildman–Crippen MR) is 74.7 cm³/mol. The predicted octanol–water partition coefficient (Wildman–Crippen LogP) is 2.94. The molecule has 19 heavy (non-hydrogen) atoms. The summed E-state index contributed by atoms with van der Waals surface area (Å²) in [7, 11) is 0. The van der Waals surface area contributed by atoms with Gasteiger partial charge in [-0.1, -0.05) is 43.3 Å². The van der Waals surface area contributed by atoms with Gasteiger partial charge in [-0.3, -0.25) is 0 Å². The standard InChI is InChI=1S/C15H21N3O/c1-4-15(16,5-2)14-17-13(18-19-14)10-12-9-7-6-8-11(12)3/h6-9H,4-5,10,16H2,1-3H3. The normalized spacial score (nSPS) is 11.8. The number of nitrogens with two attached hydrogens (primary N) is 1. The van der Waals surface area contributed by atoms with E-state index < -0.39 is 5.54 Å². The zero-order valence-electron chi connectivity index (χ0n) is 11.8. The van der Waals surface area contributed by atoms with Gasteiger partial charge in [-0.25, -0.2) is 0 Å². The molecule has 0 saturated heterocycles. The fourth-order valence-corrected chi connectivity index (χ4v) is 2.06. The molecule has 1 heterocycles. The van der Waals surface area contributed by atoms with E-state index in [2.05, 4.69) is 29.2 Å². The van der Waals surface area contributed by atoms with Crippen molar-refractivity contribution in [3.8, 4) is 0 Å². The van der Waals surface area contributed by atoms with E-state index in [9.17, 15) is 0 Å². The highest BCUT2D eigenvalue weighted by Crippen LogP contribution is 2.24. The van der Waals surface area contributed by atoms with Crippen LogP contribution in [0.25, 0.3) is 0 Å². The van der Waals surface area contributed by atoms with E-state index >= 15 is 0 Å². The van der Waals surface area contributed by atoms with Crippen molar-refractivity contribution in [2.75, 3.05) is 0 Å². The van der Waals surface area contributed by atoms with Crippen molar-refractivity contribution in [2.45, 2.75) is 45.6 Å². The zero-order chi connectivity index (χ0) is 13.9. The molecule has 0 saturated carbocycles. The Morgan fingerprint density at radius 3 is 2.53 bits per heavy atom. The lowest BCUT2D eigenvalue weighted by Gasteiger charge is -2.20. The number of nitrogens with zero attached hydrogens (tertiary/aromatic N) is 2. The van der Waals surface area contributed by atoms with E-state index in [0.717, 1.165) is 12.8 Å². The summed E-state index contributed by atoms with van der Waals surface area (Å²) in [4.78, 5) is 4.46. The van der Waals surface area contributed by atoms with E-state index in [1.807, 2.05) is 26.0 Å². The largest absolute Gasteiger partial charge is 0.337 e. The molecule has 1 aromatic carbocycles. The molecule has 0 radical (unpaired) electrons. The summed E-state index contributed by atoms with van der Waals surface area (Å²) in [5.74, 6) is 1.24. The van der Waals surface area contributed by atoms with Crippen LogP contribution in [0.2, 0.25) is 0 Å². The van der Waals surface area contributed by atoms with Gasteiger partial charge in [0.05, 0.1) is 5.54 Å². The molecule has 2 aromatic rings. The molecular formula is C15H21N3O. The van der Waals surface area contributed by atoms with Gasteiger partial charge in [0.1, 0.15) is 0 Å². The van der Waals surface area contributed by atoms with E-state index in [4.69, 9.17) is 10.3 Å². The second-order valence-corrected chi connectivity index (χ2v) is 4.98. The van der Waals surface area contributed by atoms with Gasteiger partial charge in [0.25, 0.3) is 0 Å². The highest BCUT2D eigenvalue weighted by atomic mass is 16.5. The Balaban J connectivity index is 2.21. The van der Waals surface area contributed by atoms with Crippen molar-refractivity contribution in [3.63, 3.8) is 0 Å². The Kier molecular flexibility index (Phi) is 4.00. The summed E-state index contributed by atoms with van der Waals surface area (Å²) in [6, 6.07) is 8.22. The van der Waals surface area contributed by atoms with Crippen LogP contribution in [0, 0.1) is 6.92 Å². The van der Waals surface area contributed by atoms with E-state index in [0.29, 0.717) is 18.1 Å². The highest BCUT2D eigenvalue weighted by Gasteiger charge is 2.29. The first-order valence-electron chi connectivity index (χ1n) is 6.75. The summed E-state index contributed by atoms with van der Waals surface area (Å²) in [6.45, 7) is 6.16. The summed E-state index contributed by atoms with van der Waals surface area (Å²) >= 11 is 0. The molecule has 4 nitrogen and oxygen atoms in total. The molecule has 2 rings (SSSR count). The maximum atomic E-state index is 6.26. The van der Waals surface area contributed by atoms with E-state index in [-0.39, 0.29) is 0 Å². The second kappa shape index (κ2) is 5.53. The van der Waals surface area contributed by atoms with Crippen LogP contribution < -0.4 is 5.73 Å². The van der Waals surface area contributed by atoms with Crippen molar-refractivity contribution >= 4 is 0 Å². The van der Waals surface area contributed by atoms with Crippen LogP contribution in [0.3, 0.4) is 0 Å². The number of hydrogen-bond donors (Lipinski definition) is 1. The van der Waals surface area contributed by atoms with Crippen LogP contribution in [0.5, 0.6) is 0 Å². The second-order valence-electron chi connectivity index (χ2n) is 4.98. The van der Waals surface area contributed by atoms with Crippen LogP contribution >= 0.6 is 0 Å². The van der Waals surface area contributed by atoms with Crippen molar-refractivity contribution in [1.29, 1.82) is 0 Å². The molecular weight excluding hydrogens is 238 g/mol. The molecule has 0 aliphatic carbocycles. The summed E-state index contributed by atoms with van der Waals surface area (Å²) in [5.41, 5.74) is 8.20. The van der Waals surface area contributed by atoms with Crippen LogP contribution in [0.4, 0.5) is 0 Å². The van der Waals surface area contributed by atoms with Crippen LogP contribution in [-0.2, 0) is 12.0 Å². The molecule has 102 valence electrons. The number of aromatic nitrogens is 2. The fraction of sp³-hybridized carbons (Fsp3) is 0.467. The third-order valence-electron chi connectivity index (χ3n) is 3.77. The first-order valence-corrected chi connectivity index (χ1v) is 6.75. The molecule has 0 aliphatic rings. The van der Waals surface area contributed by atoms with Crippen LogP contribution in [0.15, 0.2) is 28.8 Å². The van der Waals surface area contributed by atoms with Gasteiger partial charge in [-0.2, -0.15) is 4.98 Å². The average molecular weight is 259 g/mol. The highest BCUT2D eigenvalue weighted by molar-refractivity contribution is 5.28. The molecule has 2 N–H and O–H groups in total. The molecule has 0 unspecified atom stereocenters. The zero-order valence-corrected chi connectivity index (χ0v) is 11.8. The van der Waals surface area contributed by atoms with Crippen molar-refractivity contribution in [1.82, 2.24) is 10.1 Å². The molecule has 0 aliphatic heterocycles. The fourth-order valence-electron chi connectivity index (χ4n) is 2.06. The van der Waals surface area contributed by atoms with Gasteiger partial charge in [0.15, 0.2) is 5.82 Å². The number of aryl methyl sites for hydroxylation is 1. The minimum absolute atomic E-state index is 0.503. The van der Waals surface area contributed by atoms with Gasteiger partial charge in [0.2, 0.25) is 5.89 Å². The minimum atomic E-state index is -0.503. The molecule has 0 bridgehead atoms. The minimum Gasteiger partial charge on any atom is -0.337 e. The van der Waals surface area contributed by atoms with E-state index in [1.54, 1.807) is 0 Å². The molecule has 4 heteroatoms. The van der Waals surface area contributed by atoms with Crippen molar-refractivity contribution in [2.24, 2.45) is 5.73 Å². The topological polar surface area (TPSA) is 64.9 Å². The van der Waals surface area contributed by atoms with Gasteiger partial charge >= 0.3 is 0 Å². The smallest absolute Gasteiger partial charge is 0.246 e. The molecule has 0 spiro atoms. The Hall–Kier alpha value is -1.68. The molecule has 0 atom stereocenters. The van der Waals surface area contributed by atoms with E-state index in [1.165, 1.54) is 11.1 Å². The Labute approximate surface area is 114 Å². The van der Waals surface area contributed by atoms with Gasteiger partial charge in [-0.15, -0.1) is 0 Å². The molecule has 0 fully saturated rings. The van der Waals surface area contributed by atoms with Gasteiger partial charge < -0.3 is 10.3 Å². The summed E-state index contributed by atoms with van der Waals surface area (Å²) in [6.07, 6.45) is 2.25. The first-order chi connectivity index (χ1) is 9.09. The van der Waals surface area contributed by atoms with Crippen molar-refractivity contribution in [3.05, 3.63) is 47.1 Å². The number of benzene rings is 1. The van der Waals surface area contributed by atoms with Crippen LogP contribution in [0.1, 0.15) is 49.5 Å². The third kappa shape index (κ3) is 2.84. The Morgan fingerprint density at radius 2 is 1.89 bits per heavy atom. The maximum Gasteiger partial charge on any atom is 0.246 e.